The van der Waals surface area contributed by atoms with Crippen LogP contribution in [0.2, 0.25) is 0 Å². The normalized spacial score (nSPS) is 28.2. The molecule has 3 heteroatoms. The molecular weight excluding hydrogens is 188 g/mol. The van der Waals surface area contributed by atoms with E-state index in [0.29, 0.717) is 0 Å². The Kier molecular flexibility index (Phi) is 4.29. The van der Waals surface area contributed by atoms with Crippen LogP contribution in [-0.4, -0.2) is 19.0 Å². The number of methoxy groups -OCH3 is 1. The van der Waals surface area contributed by atoms with Gasteiger partial charge in [0.1, 0.15) is 5.88 Å². The maximum absolute atomic E-state index is 9.83. The minimum absolute atomic E-state index is 0.0590. The van der Waals surface area contributed by atoms with Gasteiger partial charge in [-0.1, -0.05) is 12.2 Å². The third kappa shape index (κ3) is 3.39. The Morgan fingerprint density at radius 1 is 1.46 bits per heavy atom. The van der Waals surface area contributed by atoms with E-state index >= 15 is 0 Å². The molecule has 0 amide bonds. The van der Waals surface area contributed by atoms with E-state index in [1.165, 1.54) is 26.4 Å². The smallest absolute Gasteiger partial charge is 0.320 e. The number of fused-ring (bicyclic) bond motifs is 2. The fraction of sp³-hybridized carbons (Fsp3) is 0.700. The highest BCUT2D eigenvalue weighted by molar-refractivity contribution is 6.26. The van der Waals surface area contributed by atoms with Crippen LogP contribution in [0.4, 0.5) is 0 Å². The molecule has 74 valence electrons. The van der Waals surface area contributed by atoms with Crippen molar-refractivity contribution in [3.8, 4) is 0 Å². The van der Waals surface area contributed by atoms with Crippen LogP contribution < -0.4 is 0 Å². The largest absolute Gasteiger partial charge is 0.468 e. The molecule has 0 aliphatic heterocycles. The summed E-state index contributed by atoms with van der Waals surface area (Å²) in [6.45, 7) is 0. The van der Waals surface area contributed by atoms with E-state index < -0.39 is 5.97 Å². The van der Waals surface area contributed by atoms with Crippen molar-refractivity contribution < 1.29 is 9.53 Å². The van der Waals surface area contributed by atoms with Crippen molar-refractivity contribution >= 4 is 17.6 Å². The number of alkyl halides is 1. The maximum Gasteiger partial charge on any atom is 0.320 e. The summed E-state index contributed by atoms with van der Waals surface area (Å²) in [4.78, 5) is 9.83. The Bertz CT molecular complexity index is 183. The van der Waals surface area contributed by atoms with Crippen LogP contribution in [0.5, 0.6) is 0 Å². The summed E-state index contributed by atoms with van der Waals surface area (Å²) < 4.78 is 4.13. The van der Waals surface area contributed by atoms with Gasteiger partial charge < -0.3 is 4.74 Å². The first-order chi connectivity index (χ1) is 6.26. The van der Waals surface area contributed by atoms with E-state index in [2.05, 4.69) is 16.9 Å². The Morgan fingerprint density at radius 2 is 2.00 bits per heavy atom. The molecule has 0 aromatic heterocycles. The monoisotopic (exact) mass is 202 g/mol. The molecule has 0 radical (unpaired) electrons. The minimum Gasteiger partial charge on any atom is -0.468 e. The average molecular weight is 203 g/mol. The molecule has 0 N–H and O–H groups in total. The predicted octanol–water partition coefficient (Wildman–Crippen LogP) is 2.37. The summed E-state index contributed by atoms with van der Waals surface area (Å²) in [6, 6.07) is 0. The van der Waals surface area contributed by atoms with Crippen molar-refractivity contribution in [2.75, 3.05) is 13.0 Å². The van der Waals surface area contributed by atoms with E-state index in [1.807, 2.05) is 0 Å². The van der Waals surface area contributed by atoms with Gasteiger partial charge in [0.05, 0.1) is 7.11 Å². The van der Waals surface area contributed by atoms with Crippen LogP contribution in [0.1, 0.15) is 19.3 Å². The predicted molar refractivity (Wildman–Crippen MR) is 52.7 cm³/mol. The Morgan fingerprint density at radius 3 is 2.08 bits per heavy atom. The van der Waals surface area contributed by atoms with Crippen LogP contribution in [0.3, 0.4) is 0 Å². The second-order valence-corrected chi connectivity index (χ2v) is 3.70. The molecule has 0 spiro atoms. The first-order valence-corrected chi connectivity index (χ1v) is 5.10. The molecule has 2 aliphatic carbocycles. The topological polar surface area (TPSA) is 26.3 Å². The highest BCUT2D eigenvalue weighted by atomic mass is 35.5. The van der Waals surface area contributed by atoms with Crippen molar-refractivity contribution in [1.82, 2.24) is 0 Å². The van der Waals surface area contributed by atoms with Gasteiger partial charge >= 0.3 is 5.97 Å². The zero-order valence-corrected chi connectivity index (χ0v) is 8.59. The SMILES string of the molecule is C1=CC2CCC1C2.COC(=O)CCl. The Labute approximate surface area is 83.9 Å². The van der Waals surface area contributed by atoms with Gasteiger partial charge in [0.25, 0.3) is 0 Å². The molecule has 0 saturated heterocycles. The lowest BCUT2D eigenvalue weighted by Crippen LogP contribution is -1.99. The lowest BCUT2D eigenvalue weighted by Gasteiger charge is -1.96. The average Bonchev–Trinajstić information content (AvgIpc) is 2.81. The molecule has 2 aliphatic rings. The van der Waals surface area contributed by atoms with Crippen LogP contribution >= 0.6 is 11.6 Å². The molecule has 2 rings (SSSR count). The first-order valence-electron chi connectivity index (χ1n) is 4.57. The fourth-order valence-corrected chi connectivity index (χ4v) is 1.88. The molecule has 2 bridgehead atoms. The van der Waals surface area contributed by atoms with E-state index in [0.717, 1.165) is 11.8 Å². The summed E-state index contributed by atoms with van der Waals surface area (Å²) in [5, 5.41) is 0. The molecule has 2 atom stereocenters. The molecule has 2 nitrogen and oxygen atoms in total. The van der Waals surface area contributed by atoms with Gasteiger partial charge in [-0.2, -0.15) is 0 Å². The number of carbonyl (C=O) groups is 1. The van der Waals surface area contributed by atoms with Gasteiger partial charge in [-0.3, -0.25) is 4.79 Å². The van der Waals surface area contributed by atoms with Gasteiger partial charge in [0.2, 0.25) is 0 Å². The summed E-state index contributed by atoms with van der Waals surface area (Å²) in [5.41, 5.74) is 0. The molecule has 13 heavy (non-hydrogen) atoms. The molecule has 0 aromatic carbocycles. The third-order valence-corrected chi connectivity index (χ3v) is 2.72. The highest BCUT2D eigenvalue weighted by Gasteiger charge is 2.25. The lowest BCUT2D eigenvalue weighted by molar-refractivity contribution is -0.137. The molecule has 2 unspecified atom stereocenters. The maximum atomic E-state index is 9.83. The van der Waals surface area contributed by atoms with Gasteiger partial charge in [-0.25, -0.2) is 0 Å². The van der Waals surface area contributed by atoms with Crippen LogP contribution in [-0.2, 0) is 9.53 Å². The van der Waals surface area contributed by atoms with E-state index in [9.17, 15) is 4.79 Å². The summed E-state index contributed by atoms with van der Waals surface area (Å²) >= 11 is 4.98. The second-order valence-electron chi connectivity index (χ2n) is 3.43. The number of esters is 1. The summed E-state index contributed by atoms with van der Waals surface area (Å²) in [6.07, 6.45) is 9.19. The van der Waals surface area contributed by atoms with Crippen molar-refractivity contribution in [1.29, 1.82) is 0 Å². The fourth-order valence-electron chi connectivity index (χ4n) is 1.77. The lowest BCUT2D eigenvalue weighted by atomic mass is 10.1. The number of halogens is 1. The number of carbonyl (C=O) groups excluding carboxylic acids is 1. The van der Waals surface area contributed by atoms with Crippen LogP contribution in [0, 0.1) is 11.8 Å². The van der Waals surface area contributed by atoms with Crippen molar-refractivity contribution in [3.05, 3.63) is 12.2 Å². The van der Waals surface area contributed by atoms with Crippen molar-refractivity contribution in [3.63, 3.8) is 0 Å². The Hall–Kier alpha value is -0.500. The molecule has 0 heterocycles. The third-order valence-electron chi connectivity index (χ3n) is 2.51. The van der Waals surface area contributed by atoms with Crippen LogP contribution in [0.15, 0.2) is 12.2 Å². The van der Waals surface area contributed by atoms with Crippen LogP contribution in [0.25, 0.3) is 0 Å². The van der Waals surface area contributed by atoms with Gasteiger partial charge in [0, 0.05) is 0 Å². The van der Waals surface area contributed by atoms with Gasteiger partial charge in [-0.05, 0) is 31.1 Å². The van der Waals surface area contributed by atoms with Gasteiger partial charge in [0.15, 0.2) is 0 Å². The highest BCUT2D eigenvalue weighted by Crippen LogP contribution is 2.38. The minimum atomic E-state index is -0.392. The molecular formula is C10H15ClO2. The standard InChI is InChI=1S/C7H10.C3H5ClO2/c1-2-7-4-3-6(1)5-7;1-6-3(5)2-4/h1-2,6-7H,3-5H2;2H2,1H3. The Balaban J connectivity index is 0.000000133. The molecule has 1 saturated carbocycles. The van der Waals surface area contributed by atoms with Crippen molar-refractivity contribution in [2.24, 2.45) is 11.8 Å². The van der Waals surface area contributed by atoms with E-state index in [1.54, 1.807) is 0 Å². The summed E-state index contributed by atoms with van der Waals surface area (Å²) in [7, 11) is 1.30. The number of rotatable bonds is 1. The van der Waals surface area contributed by atoms with E-state index in [-0.39, 0.29) is 5.88 Å². The zero-order chi connectivity index (χ0) is 9.68. The number of hydrogen-bond donors (Lipinski definition) is 0. The first kappa shape index (κ1) is 10.6. The molecule has 0 aromatic rings. The van der Waals surface area contributed by atoms with Crippen molar-refractivity contribution in [2.45, 2.75) is 19.3 Å². The molecule has 1 fully saturated rings. The number of ether oxygens (including phenoxy) is 1. The van der Waals surface area contributed by atoms with Gasteiger partial charge in [-0.15, -0.1) is 11.6 Å². The number of allylic oxidation sites excluding steroid dienone is 2. The van der Waals surface area contributed by atoms with E-state index in [4.69, 9.17) is 11.6 Å². The second kappa shape index (κ2) is 5.28. The number of hydrogen-bond acceptors (Lipinski definition) is 2. The zero-order valence-electron chi connectivity index (χ0n) is 7.83. The summed E-state index contributed by atoms with van der Waals surface area (Å²) in [5.74, 6) is 1.53. The quantitative estimate of drug-likeness (QED) is 0.371.